The zero-order chi connectivity index (χ0) is 19.3. The molecule has 3 fully saturated rings. The van der Waals surface area contributed by atoms with Crippen LogP contribution in [0.3, 0.4) is 0 Å². The summed E-state index contributed by atoms with van der Waals surface area (Å²) in [5.74, 6) is 2.88. The Morgan fingerprint density at radius 1 is 0.893 bits per heavy atom. The van der Waals surface area contributed by atoms with Crippen LogP contribution >= 0.6 is 0 Å². The molecule has 4 rings (SSSR count). The van der Waals surface area contributed by atoms with E-state index in [1.54, 1.807) is 0 Å². The van der Waals surface area contributed by atoms with Crippen LogP contribution in [0.4, 0.5) is 0 Å². The molecule has 0 aliphatic carbocycles. The van der Waals surface area contributed by atoms with Crippen LogP contribution < -0.4 is 0 Å². The molecule has 28 heavy (non-hydrogen) atoms. The van der Waals surface area contributed by atoms with E-state index in [-0.39, 0.29) is 0 Å². The average molecular weight is 389 g/mol. The molecule has 1 atom stereocenters. The predicted octanol–water partition coefficient (Wildman–Crippen LogP) is 1.99. The Bertz CT molecular complexity index is 645. The van der Waals surface area contributed by atoms with Crippen LogP contribution in [0.2, 0.25) is 0 Å². The van der Waals surface area contributed by atoms with Gasteiger partial charge in [0.05, 0.1) is 13.1 Å². The van der Waals surface area contributed by atoms with Gasteiger partial charge in [0, 0.05) is 32.6 Å². The van der Waals surface area contributed by atoms with E-state index >= 15 is 0 Å². The third-order valence-electron chi connectivity index (χ3n) is 6.75. The molecule has 4 heterocycles. The summed E-state index contributed by atoms with van der Waals surface area (Å²) in [6.07, 6.45) is 9.72. The van der Waals surface area contributed by atoms with Gasteiger partial charge in [-0.1, -0.05) is 12.8 Å². The summed E-state index contributed by atoms with van der Waals surface area (Å²) in [7, 11) is 2.11. The van der Waals surface area contributed by atoms with Crippen molar-refractivity contribution in [2.24, 2.45) is 7.05 Å². The highest BCUT2D eigenvalue weighted by atomic mass is 16.2. The van der Waals surface area contributed by atoms with E-state index in [0.29, 0.717) is 18.4 Å². The molecule has 1 aromatic rings. The largest absolute Gasteiger partial charge is 0.342 e. The molecule has 0 unspecified atom stereocenters. The Kier molecular flexibility index (Phi) is 6.62. The van der Waals surface area contributed by atoms with Gasteiger partial charge in [0.2, 0.25) is 5.91 Å². The van der Waals surface area contributed by atoms with Gasteiger partial charge in [0.25, 0.3) is 0 Å². The van der Waals surface area contributed by atoms with E-state index in [4.69, 9.17) is 0 Å². The minimum Gasteiger partial charge on any atom is -0.342 e. The van der Waals surface area contributed by atoms with E-state index in [1.807, 2.05) is 0 Å². The Balaban J connectivity index is 1.34. The summed E-state index contributed by atoms with van der Waals surface area (Å²) in [6.45, 7) is 7.67. The topological polar surface area (TPSA) is 57.5 Å². The average Bonchev–Trinajstić information content (AvgIpc) is 3.24. The monoisotopic (exact) mass is 388 g/mol. The highest BCUT2D eigenvalue weighted by molar-refractivity contribution is 5.78. The van der Waals surface area contributed by atoms with Crippen molar-refractivity contribution in [2.45, 2.75) is 63.8 Å². The van der Waals surface area contributed by atoms with Gasteiger partial charge < -0.3 is 9.47 Å². The summed E-state index contributed by atoms with van der Waals surface area (Å²) in [4.78, 5) is 19.7. The molecule has 7 nitrogen and oxygen atoms in total. The summed E-state index contributed by atoms with van der Waals surface area (Å²) in [5, 5.41) is 9.06. The number of carbonyl (C=O) groups excluding carboxylic acids is 1. The first kappa shape index (κ1) is 19.8. The quantitative estimate of drug-likeness (QED) is 0.772. The molecule has 7 heteroatoms. The number of aromatic nitrogens is 3. The van der Waals surface area contributed by atoms with E-state index in [9.17, 15) is 4.79 Å². The summed E-state index contributed by atoms with van der Waals surface area (Å²) >= 11 is 0. The van der Waals surface area contributed by atoms with Crippen molar-refractivity contribution in [3.8, 4) is 0 Å². The molecule has 3 saturated heterocycles. The van der Waals surface area contributed by atoms with Gasteiger partial charge in [-0.2, -0.15) is 0 Å². The lowest BCUT2D eigenvalue weighted by Gasteiger charge is -2.33. The maximum atomic E-state index is 12.8. The fourth-order valence-corrected chi connectivity index (χ4v) is 5.03. The third kappa shape index (κ3) is 4.74. The van der Waals surface area contributed by atoms with Crippen LogP contribution in [-0.2, 0) is 18.4 Å². The number of piperidine rings is 1. The lowest BCUT2D eigenvalue weighted by Crippen LogP contribution is -2.44. The molecular weight excluding hydrogens is 352 g/mol. The number of amides is 1. The molecule has 1 aromatic heterocycles. The van der Waals surface area contributed by atoms with Crippen molar-refractivity contribution < 1.29 is 4.79 Å². The second kappa shape index (κ2) is 9.35. The van der Waals surface area contributed by atoms with Gasteiger partial charge in [-0.25, -0.2) is 0 Å². The fraction of sp³-hybridized carbons (Fsp3) is 0.857. The lowest BCUT2D eigenvalue weighted by atomic mass is 9.97. The molecule has 0 aromatic carbocycles. The standard InChI is InChI=1S/C21H36N6O/c1-24-19(16-25-10-6-7-11-25)22-23-21(24)18-9-8-12-26(15-18)17-20(28)27-13-4-2-3-5-14-27/h18H,2-17H2,1H3/t18-/m1/s1. The third-order valence-corrected chi connectivity index (χ3v) is 6.75. The number of rotatable bonds is 5. The van der Waals surface area contributed by atoms with Crippen molar-refractivity contribution in [3.05, 3.63) is 11.6 Å². The molecule has 1 amide bonds. The Morgan fingerprint density at radius 3 is 2.32 bits per heavy atom. The highest BCUT2D eigenvalue weighted by Crippen LogP contribution is 2.26. The first-order chi connectivity index (χ1) is 13.7. The first-order valence-electron chi connectivity index (χ1n) is 11.3. The van der Waals surface area contributed by atoms with Crippen LogP contribution in [-0.4, -0.2) is 81.2 Å². The van der Waals surface area contributed by atoms with Crippen LogP contribution in [0.1, 0.15) is 68.9 Å². The Morgan fingerprint density at radius 2 is 1.57 bits per heavy atom. The summed E-state index contributed by atoms with van der Waals surface area (Å²) < 4.78 is 2.21. The molecule has 156 valence electrons. The Labute approximate surface area is 169 Å². The second-order valence-electron chi connectivity index (χ2n) is 8.89. The molecule has 0 N–H and O–H groups in total. The SMILES string of the molecule is Cn1c(CN2CCCC2)nnc1[C@@H]1CCCN(CC(=O)N2CCCCCC2)C1. The summed E-state index contributed by atoms with van der Waals surface area (Å²) in [6, 6.07) is 0. The van der Waals surface area contributed by atoms with Crippen molar-refractivity contribution >= 4 is 5.91 Å². The highest BCUT2D eigenvalue weighted by Gasteiger charge is 2.28. The van der Waals surface area contributed by atoms with E-state index in [1.165, 1.54) is 38.8 Å². The predicted molar refractivity (Wildman–Crippen MR) is 109 cm³/mol. The van der Waals surface area contributed by atoms with E-state index in [0.717, 1.165) is 70.1 Å². The van der Waals surface area contributed by atoms with Crippen LogP contribution in [0, 0.1) is 0 Å². The first-order valence-corrected chi connectivity index (χ1v) is 11.3. The maximum Gasteiger partial charge on any atom is 0.236 e. The summed E-state index contributed by atoms with van der Waals surface area (Å²) in [5.41, 5.74) is 0. The molecule has 0 bridgehead atoms. The number of hydrogen-bond donors (Lipinski definition) is 0. The minimum absolute atomic E-state index is 0.315. The minimum atomic E-state index is 0.315. The van der Waals surface area contributed by atoms with Crippen molar-refractivity contribution in [1.82, 2.24) is 29.5 Å². The van der Waals surface area contributed by atoms with Crippen LogP contribution in [0.5, 0.6) is 0 Å². The number of nitrogens with zero attached hydrogens (tertiary/aromatic N) is 6. The lowest BCUT2D eigenvalue weighted by molar-refractivity contribution is -0.132. The van der Waals surface area contributed by atoms with Crippen LogP contribution in [0.15, 0.2) is 0 Å². The van der Waals surface area contributed by atoms with Crippen molar-refractivity contribution in [3.63, 3.8) is 0 Å². The molecule has 0 radical (unpaired) electrons. The molecule has 0 spiro atoms. The van der Waals surface area contributed by atoms with Crippen molar-refractivity contribution in [2.75, 3.05) is 45.8 Å². The van der Waals surface area contributed by atoms with Crippen LogP contribution in [0.25, 0.3) is 0 Å². The molecule has 3 aliphatic rings. The second-order valence-corrected chi connectivity index (χ2v) is 8.89. The normalized spacial score (nSPS) is 25.2. The zero-order valence-corrected chi connectivity index (χ0v) is 17.5. The van der Waals surface area contributed by atoms with Crippen molar-refractivity contribution in [1.29, 1.82) is 0 Å². The van der Waals surface area contributed by atoms with E-state index in [2.05, 4.69) is 36.5 Å². The number of carbonyl (C=O) groups is 1. The van der Waals surface area contributed by atoms with Gasteiger partial charge in [-0.15, -0.1) is 10.2 Å². The maximum absolute atomic E-state index is 12.8. The zero-order valence-electron chi connectivity index (χ0n) is 17.5. The fourth-order valence-electron chi connectivity index (χ4n) is 5.03. The number of hydrogen-bond acceptors (Lipinski definition) is 5. The Hall–Kier alpha value is -1.47. The molecule has 3 aliphatic heterocycles. The molecule has 0 saturated carbocycles. The van der Waals surface area contributed by atoms with Gasteiger partial charge in [0.15, 0.2) is 0 Å². The van der Waals surface area contributed by atoms with Gasteiger partial charge in [-0.3, -0.25) is 14.6 Å². The molecular formula is C21H36N6O. The van der Waals surface area contributed by atoms with E-state index < -0.39 is 0 Å². The smallest absolute Gasteiger partial charge is 0.236 e. The van der Waals surface area contributed by atoms with Gasteiger partial charge >= 0.3 is 0 Å². The van der Waals surface area contributed by atoms with Gasteiger partial charge in [-0.05, 0) is 58.2 Å². The van der Waals surface area contributed by atoms with Gasteiger partial charge in [0.1, 0.15) is 11.6 Å². The number of likely N-dealkylation sites (tertiary alicyclic amines) is 3.